The van der Waals surface area contributed by atoms with Crippen LogP contribution >= 0.6 is 22.9 Å². The Kier molecular flexibility index (Phi) is 7.51. The van der Waals surface area contributed by atoms with E-state index in [2.05, 4.69) is 41.7 Å². The summed E-state index contributed by atoms with van der Waals surface area (Å²) in [6, 6.07) is 12.8. The van der Waals surface area contributed by atoms with E-state index >= 15 is 0 Å². The minimum Gasteiger partial charge on any atom is -0.493 e. The van der Waals surface area contributed by atoms with E-state index in [1.54, 1.807) is 29.7 Å². The first-order valence-electron chi connectivity index (χ1n) is 12.9. The van der Waals surface area contributed by atoms with Gasteiger partial charge in [-0.3, -0.25) is 9.36 Å². The summed E-state index contributed by atoms with van der Waals surface area (Å²) in [6.45, 7) is 8.50. The highest BCUT2D eigenvalue weighted by molar-refractivity contribution is 7.07. The monoisotopic (exact) mass is 563 g/mol. The van der Waals surface area contributed by atoms with Crippen LogP contribution in [0.15, 0.2) is 69.7 Å². The van der Waals surface area contributed by atoms with Crippen molar-refractivity contribution in [1.82, 2.24) is 9.13 Å². The molecule has 39 heavy (non-hydrogen) atoms. The smallest absolute Gasteiger partial charge is 0.338 e. The van der Waals surface area contributed by atoms with Gasteiger partial charge in [-0.15, -0.1) is 0 Å². The van der Waals surface area contributed by atoms with E-state index in [0.717, 1.165) is 22.9 Å². The van der Waals surface area contributed by atoms with E-state index in [0.29, 0.717) is 38.0 Å². The van der Waals surface area contributed by atoms with Crippen LogP contribution in [0.3, 0.4) is 0 Å². The van der Waals surface area contributed by atoms with Crippen molar-refractivity contribution < 1.29 is 14.3 Å². The second kappa shape index (κ2) is 10.9. The van der Waals surface area contributed by atoms with Gasteiger partial charge in [0, 0.05) is 39.3 Å². The highest BCUT2D eigenvalue weighted by atomic mass is 35.5. The zero-order valence-electron chi connectivity index (χ0n) is 22.5. The summed E-state index contributed by atoms with van der Waals surface area (Å²) in [5.74, 6) is -0.00566. The molecule has 1 atom stereocenters. The molecule has 0 unspecified atom stereocenters. The molecule has 0 saturated carbocycles. The Hall–Kier alpha value is -3.62. The molecular weight excluding hydrogens is 534 g/mol. The van der Waals surface area contributed by atoms with Crippen molar-refractivity contribution in [2.45, 2.75) is 46.2 Å². The molecule has 3 heterocycles. The average molecular weight is 564 g/mol. The fraction of sp³-hybridized carbons (Fsp3) is 0.300. The van der Waals surface area contributed by atoms with Gasteiger partial charge in [-0.2, -0.15) is 0 Å². The summed E-state index contributed by atoms with van der Waals surface area (Å²) >= 11 is 7.72. The van der Waals surface area contributed by atoms with Crippen LogP contribution in [-0.2, 0) is 9.53 Å². The number of para-hydroxylation sites is 1. The van der Waals surface area contributed by atoms with Crippen molar-refractivity contribution in [3.8, 4) is 5.75 Å². The van der Waals surface area contributed by atoms with Crippen LogP contribution in [0.25, 0.3) is 17.0 Å². The molecule has 0 fully saturated rings. The van der Waals surface area contributed by atoms with Gasteiger partial charge in [0.05, 0.1) is 29.5 Å². The van der Waals surface area contributed by atoms with Crippen LogP contribution in [0.2, 0.25) is 5.02 Å². The first-order chi connectivity index (χ1) is 18.7. The molecule has 2 aromatic heterocycles. The molecule has 1 aliphatic heterocycles. The summed E-state index contributed by atoms with van der Waals surface area (Å²) in [6.07, 6.45) is 4.78. The predicted molar refractivity (Wildman–Crippen MR) is 155 cm³/mol. The van der Waals surface area contributed by atoms with Crippen molar-refractivity contribution in [2.24, 2.45) is 4.99 Å². The van der Waals surface area contributed by atoms with Gasteiger partial charge in [0.25, 0.3) is 5.56 Å². The number of thiazole rings is 1. The van der Waals surface area contributed by atoms with Crippen LogP contribution in [-0.4, -0.2) is 28.8 Å². The molecule has 0 N–H and O–H groups in total. The summed E-state index contributed by atoms with van der Waals surface area (Å²) in [5.41, 5.74) is 3.16. The Morgan fingerprint density at radius 3 is 2.72 bits per heavy atom. The van der Waals surface area contributed by atoms with E-state index in [9.17, 15) is 9.59 Å². The Balaban J connectivity index is 1.78. The van der Waals surface area contributed by atoms with Crippen LogP contribution in [0.5, 0.6) is 5.75 Å². The van der Waals surface area contributed by atoms with Gasteiger partial charge >= 0.3 is 5.97 Å². The zero-order chi connectivity index (χ0) is 27.8. The Labute approximate surface area is 235 Å². The molecule has 1 aliphatic rings. The number of hydrogen-bond donors (Lipinski definition) is 0. The predicted octanol–water partition coefficient (Wildman–Crippen LogP) is 5.39. The topological polar surface area (TPSA) is 74.8 Å². The number of allylic oxidation sites excluding steroid dienone is 1. The zero-order valence-corrected chi connectivity index (χ0v) is 24.1. The van der Waals surface area contributed by atoms with Gasteiger partial charge in [0.1, 0.15) is 11.8 Å². The number of halogens is 1. The van der Waals surface area contributed by atoms with Gasteiger partial charge in [-0.25, -0.2) is 9.79 Å². The maximum absolute atomic E-state index is 14.1. The number of ether oxygens (including phenoxy) is 2. The molecule has 202 valence electrons. The van der Waals surface area contributed by atoms with Crippen LogP contribution in [0.1, 0.15) is 57.3 Å². The number of esters is 1. The molecule has 4 aromatic rings. The van der Waals surface area contributed by atoms with Crippen molar-refractivity contribution in [3.05, 3.63) is 95.8 Å². The second-order valence-corrected chi connectivity index (χ2v) is 11.2. The largest absolute Gasteiger partial charge is 0.493 e. The number of carbonyl (C=O) groups excluding carboxylic acids is 1. The molecule has 0 bridgehead atoms. The third-order valence-electron chi connectivity index (χ3n) is 6.77. The number of fused-ring (bicyclic) bond motifs is 2. The third kappa shape index (κ3) is 4.83. The number of methoxy groups -OCH3 is 1. The van der Waals surface area contributed by atoms with E-state index < -0.39 is 12.0 Å². The van der Waals surface area contributed by atoms with Crippen LogP contribution < -0.4 is 19.6 Å². The molecule has 0 radical (unpaired) electrons. The highest BCUT2D eigenvalue weighted by Crippen LogP contribution is 2.37. The minimum atomic E-state index is -0.807. The first kappa shape index (κ1) is 27.0. The molecule has 5 rings (SSSR count). The van der Waals surface area contributed by atoms with Crippen molar-refractivity contribution >= 4 is 45.9 Å². The average Bonchev–Trinajstić information content (AvgIpc) is 3.44. The molecule has 0 amide bonds. The number of carbonyl (C=O) groups is 1. The molecule has 0 saturated heterocycles. The lowest BCUT2D eigenvalue weighted by Gasteiger charge is -2.26. The van der Waals surface area contributed by atoms with Crippen molar-refractivity contribution in [3.63, 3.8) is 0 Å². The molecule has 2 aromatic carbocycles. The van der Waals surface area contributed by atoms with Crippen molar-refractivity contribution in [2.75, 3.05) is 13.7 Å². The number of hydrogen-bond acceptors (Lipinski definition) is 6. The number of aromatic nitrogens is 2. The van der Waals surface area contributed by atoms with Gasteiger partial charge < -0.3 is 14.0 Å². The molecule has 0 spiro atoms. The Bertz CT molecular complexity index is 1790. The minimum absolute atomic E-state index is 0.250. The van der Waals surface area contributed by atoms with E-state index in [4.69, 9.17) is 21.1 Å². The summed E-state index contributed by atoms with van der Waals surface area (Å²) in [5, 5.41) is 1.53. The standard InChI is InChI=1S/C30H30ClN3O4S/c1-6-13-38-24-12-11-20(31)15-22(24)27-26(29(36)37-5)18(4)32-30-34(27)28(35)25(39-30)14-19-16-33(17(2)3)23-10-8-7-9-21(19)23/h7-12,14-17,27H,6,13H2,1-5H3/b25-14+/t27-/m0/s1. The number of rotatable bonds is 7. The lowest BCUT2D eigenvalue weighted by atomic mass is 9.95. The maximum atomic E-state index is 14.1. The lowest BCUT2D eigenvalue weighted by molar-refractivity contribution is -0.136. The Morgan fingerprint density at radius 2 is 2.00 bits per heavy atom. The summed E-state index contributed by atoms with van der Waals surface area (Å²) in [4.78, 5) is 32.3. The maximum Gasteiger partial charge on any atom is 0.338 e. The fourth-order valence-corrected chi connectivity index (χ4v) is 6.20. The highest BCUT2D eigenvalue weighted by Gasteiger charge is 2.35. The summed E-state index contributed by atoms with van der Waals surface area (Å²) in [7, 11) is 1.32. The number of nitrogens with zero attached hydrogens (tertiary/aromatic N) is 3. The lowest BCUT2D eigenvalue weighted by Crippen LogP contribution is -2.40. The molecular formula is C30H30ClN3O4S. The Morgan fingerprint density at radius 1 is 1.23 bits per heavy atom. The van der Waals surface area contributed by atoms with Crippen molar-refractivity contribution in [1.29, 1.82) is 0 Å². The normalized spacial score (nSPS) is 15.6. The fourth-order valence-electron chi connectivity index (χ4n) is 4.98. The SMILES string of the molecule is CCCOc1ccc(Cl)cc1[C@H]1C(C(=O)OC)=C(C)N=c2s/c(=C/c3cn(C(C)C)c4ccccc34)c(=O)n21. The molecule has 7 nitrogen and oxygen atoms in total. The van der Waals surface area contributed by atoms with Gasteiger partial charge in [-0.05, 0) is 57.5 Å². The second-order valence-electron chi connectivity index (χ2n) is 9.71. The van der Waals surface area contributed by atoms with Crippen LogP contribution in [0, 0.1) is 0 Å². The molecule has 0 aliphatic carbocycles. The summed E-state index contributed by atoms with van der Waals surface area (Å²) < 4.78 is 15.4. The van der Waals surface area contributed by atoms with E-state index in [-0.39, 0.29) is 17.2 Å². The van der Waals surface area contributed by atoms with Gasteiger partial charge in [0.15, 0.2) is 4.80 Å². The first-order valence-corrected chi connectivity index (χ1v) is 14.1. The quantitative estimate of drug-likeness (QED) is 0.283. The van der Waals surface area contributed by atoms with Gasteiger partial charge in [-0.1, -0.05) is 48.1 Å². The third-order valence-corrected chi connectivity index (χ3v) is 7.99. The van der Waals surface area contributed by atoms with Gasteiger partial charge in [0.2, 0.25) is 0 Å². The molecule has 9 heteroatoms. The van der Waals surface area contributed by atoms with Crippen LogP contribution in [0.4, 0.5) is 0 Å². The number of benzene rings is 2. The van der Waals surface area contributed by atoms with E-state index in [1.165, 1.54) is 18.4 Å². The van der Waals surface area contributed by atoms with E-state index in [1.807, 2.05) is 25.1 Å².